The lowest BCUT2D eigenvalue weighted by molar-refractivity contribution is -0.344. The Morgan fingerprint density at radius 1 is 0.438 bits per heavy atom. The van der Waals surface area contributed by atoms with E-state index in [4.69, 9.17) is 52.1 Å². The minimum atomic E-state index is -1.45. The Hall–Kier alpha value is -5.32. The van der Waals surface area contributed by atoms with E-state index in [9.17, 15) is 9.59 Å². The molecule has 0 radical (unpaired) electrons. The molecule has 2 saturated heterocycles. The van der Waals surface area contributed by atoms with Crippen LogP contribution in [-0.4, -0.2) is 94.2 Å². The van der Waals surface area contributed by atoms with Gasteiger partial charge in [-0.15, -0.1) is 0 Å². The quantitative estimate of drug-likeness (QED) is 0.0693. The Balaban J connectivity index is 1.22. The lowest BCUT2D eigenvalue weighted by Gasteiger charge is -2.47. The lowest BCUT2D eigenvalue weighted by atomic mass is 9.96. The topological polar surface area (TPSA) is 136 Å². The Morgan fingerprint density at radius 2 is 0.797 bits per heavy atom. The maximum atomic E-state index is 13.5. The summed E-state index contributed by atoms with van der Waals surface area (Å²) in [6.45, 7) is 2.00. The van der Waals surface area contributed by atoms with Gasteiger partial charge in [0.2, 0.25) is 0 Å². The monoisotopic (exact) mass is 876 g/mol. The second kappa shape index (κ2) is 24.1. The fraction of sp³-hybridized carbons (Fsp3) is 0.373. The molecule has 7 rings (SSSR count). The molecule has 0 bridgehead atoms. The van der Waals surface area contributed by atoms with Gasteiger partial charge in [-0.2, -0.15) is 0 Å². The predicted molar refractivity (Wildman–Crippen MR) is 233 cm³/mol. The molecule has 0 saturated carbocycles. The molecule has 5 aromatic carbocycles. The van der Waals surface area contributed by atoms with Gasteiger partial charge < -0.3 is 52.1 Å². The third kappa shape index (κ3) is 12.9. The number of ether oxygens (including phenoxy) is 11. The van der Waals surface area contributed by atoms with Gasteiger partial charge in [-0.1, -0.05) is 152 Å². The van der Waals surface area contributed by atoms with Crippen molar-refractivity contribution in [1.82, 2.24) is 0 Å². The van der Waals surface area contributed by atoms with E-state index >= 15 is 0 Å². The summed E-state index contributed by atoms with van der Waals surface area (Å²) in [5.41, 5.74) is 4.54. The van der Waals surface area contributed by atoms with Gasteiger partial charge in [-0.3, -0.25) is 4.79 Å². The van der Waals surface area contributed by atoms with Gasteiger partial charge >= 0.3 is 11.9 Å². The molecule has 2 aliphatic heterocycles. The summed E-state index contributed by atoms with van der Waals surface area (Å²) in [5, 5.41) is 0. The van der Waals surface area contributed by atoms with Crippen LogP contribution in [-0.2, 0) is 94.7 Å². The number of carbonyl (C=O) groups excluding carboxylic acids is 2. The molecule has 64 heavy (non-hydrogen) atoms. The molecule has 13 nitrogen and oxygen atoms in total. The van der Waals surface area contributed by atoms with Gasteiger partial charge in [0.15, 0.2) is 24.8 Å². The number of hydrogen-bond acceptors (Lipinski definition) is 13. The van der Waals surface area contributed by atoms with Crippen LogP contribution in [0.1, 0.15) is 34.7 Å². The molecule has 10 atom stereocenters. The highest BCUT2D eigenvalue weighted by Gasteiger charge is 2.54. The largest absolute Gasteiger partial charge is 0.467 e. The first-order valence-corrected chi connectivity index (χ1v) is 21.4. The molecule has 0 amide bonds. The molecule has 2 aliphatic rings. The maximum Gasteiger partial charge on any atom is 0.339 e. The third-order valence-electron chi connectivity index (χ3n) is 10.9. The van der Waals surface area contributed by atoms with Gasteiger partial charge in [-0.25, -0.2) is 4.79 Å². The SMILES string of the molecule is COC(=O)[C@H]1OC(OC[C@H]2O[C@H](OC)[C@H](OCc3ccccc3)[C@@H](OCc3ccccc3)[C@@H]2OCc2ccccc2)[C@H](OCc2ccccc2)[C@@H](OCc2ccccc2)[C@@H]1OC(C)=O. The summed E-state index contributed by atoms with van der Waals surface area (Å²) in [6, 6.07) is 48.5. The Bertz CT molecular complexity index is 2110. The Morgan fingerprint density at radius 3 is 1.17 bits per heavy atom. The van der Waals surface area contributed by atoms with Crippen LogP contribution in [0.4, 0.5) is 0 Å². The molecular weight excluding hydrogens is 821 g/mol. The third-order valence-corrected chi connectivity index (χ3v) is 10.9. The van der Waals surface area contributed by atoms with Gasteiger partial charge in [0, 0.05) is 14.0 Å². The molecular formula is C51H56O13. The van der Waals surface area contributed by atoms with Crippen molar-refractivity contribution in [3.8, 4) is 0 Å². The zero-order chi connectivity index (χ0) is 44.5. The highest BCUT2D eigenvalue weighted by Crippen LogP contribution is 2.35. The Labute approximate surface area is 374 Å². The number of benzene rings is 5. The first-order chi connectivity index (χ1) is 31.4. The normalized spacial score (nSPS) is 25.6. The number of methoxy groups -OCH3 is 2. The van der Waals surface area contributed by atoms with Gasteiger partial charge in [-0.05, 0) is 27.8 Å². The highest BCUT2D eigenvalue weighted by molar-refractivity contribution is 5.76. The standard InChI is InChI=1S/C51H56O13/c1-35(52)62-45-44(58-31-38-23-13-6-14-24-38)48(60-33-40-27-17-8-18-28-40)51(64-46(45)49(53)54-2)61-34-41-42(56-29-36-19-9-4-10-20-36)43(57-30-37-21-11-5-12-22-37)47(50(55-3)63-41)59-32-39-25-15-7-16-26-39/h4-28,41-48,50-51H,29-34H2,1-3H3/t41-,42-,43+,44+,45+,46+,47-,48-,50+,51?/m1/s1. The number of hydrogen-bond donors (Lipinski definition) is 0. The van der Waals surface area contributed by atoms with Crippen molar-refractivity contribution in [3.05, 3.63) is 179 Å². The molecule has 0 aliphatic carbocycles. The van der Waals surface area contributed by atoms with E-state index in [1.54, 1.807) is 7.11 Å². The average molecular weight is 877 g/mol. The van der Waals surface area contributed by atoms with E-state index < -0.39 is 73.4 Å². The van der Waals surface area contributed by atoms with Gasteiger partial charge in [0.1, 0.15) is 36.6 Å². The highest BCUT2D eigenvalue weighted by atomic mass is 16.8. The zero-order valence-electron chi connectivity index (χ0n) is 36.3. The van der Waals surface area contributed by atoms with Crippen molar-refractivity contribution in [2.24, 2.45) is 0 Å². The van der Waals surface area contributed by atoms with E-state index in [-0.39, 0.29) is 39.6 Å². The number of carbonyl (C=O) groups is 2. The van der Waals surface area contributed by atoms with Crippen LogP contribution in [0, 0.1) is 0 Å². The van der Waals surface area contributed by atoms with Crippen LogP contribution in [0.2, 0.25) is 0 Å². The summed E-state index contributed by atoms with van der Waals surface area (Å²) in [7, 11) is 2.77. The van der Waals surface area contributed by atoms with Crippen molar-refractivity contribution in [2.75, 3.05) is 20.8 Å². The van der Waals surface area contributed by atoms with Crippen LogP contribution in [0.25, 0.3) is 0 Å². The minimum absolute atomic E-state index is 0.0938. The van der Waals surface area contributed by atoms with Crippen LogP contribution in [0.15, 0.2) is 152 Å². The van der Waals surface area contributed by atoms with Crippen LogP contribution in [0.5, 0.6) is 0 Å². The predicted octanol–water partition coefficient (Wildman–Crippen LogP) is 7.13. The minimum Gasteiger partial charge on any atom is -0.467 e. The average Bonchev–Trinajstić information content (AvgIpc) is 3.34. The fourth-order valence-corrected chi connectivity index (χ4v) is 7.73. The molecule has 0 N–H and O–H groups in total. The van der Waals surface area contributed by atoms with E-state index in [2.05, 4.69) is 0 Å². The molecule has 2 heterocycles. The first kappa shape index (κ1) is 46.7. The van der Waals surface area contributed by atoms with Crippen LogP contribution in [0.3, 0.4) is 0 Å². The van der Waals surface area contributed by atoms with Gasteiger partial charge in [0.05, 0.1) is 46.8 Å². The molecule has 0 aromatic heterocycles. The van der Waals surface area contributed by atoms with Crippen LogP contribution >= 0.6 is 0 Å². The summed E-state index contributed by atoms with van der Waals surface area (Å²) in [6.07, 6.45) is -10.2. The zero-order valence-corrected chi connectivity index (χ0v) is 36.3. The van der Waals surface area contributed by atoms with Gasteiger partial charge in [0.25, 0.3) is 0 Å². The van der Waals surface area contributed by atoms with E-state index in [0.717, 1.165) is 27.8 Å². The summed E-state index contributed by atoms with van der Waals surface area (Å²) >= 11 is 0. The molecule has 0 spiro atoms. The first-order valence-electron chi connectivity index (χ1n) is 21.4. The molecule has 5 aromatic rings. The molecule has 338 valence electrons. The smallest absolute Gasteiger partial charge is 0.339 e. The van der Waals surface area contributed by atoms with Crippen molar-refractivity contribution in [3.63, 3.8) is 0 Å². The van der Waals surface area contributed by atoms with Crippen molar-refractivity contribution >= 4 is 11.9 Å². The van der Waals surface area contributed by atoms with E-state index in [1.807, 2.05) is 152 Å². The van der Waals surface area contributed by atoms with Crippen molar-refractivity contribution in [2.45, 2.75) is 101 Å². The Kier molecular flexibility index (Phi) is 17.6. The number of esters is 2. The second-order valence-corrected chi connectivity index (χ2v) is 15.4. The lowest BCUT2D eigenvalue weighted by Crippen LogP contribution is -2.64. The molecule has 2 fully saturated rings. The molecule has 13 heteroatoms. The maximum absolute atomic E-state index is 13.5. The summed E-state index contributed by atoms with van der Waals surface area (Å²) < 4.78 is 70.2. The fourth-order valence-electron chi connectivity index (χ4n) is 7.73. The summed E-state index contributed by atoms with van der Waals surface area (Å²) in [5.74, 6) is -1.44. The van der Waals surface area contributed by atoms with E-state index in [1.165, 1.54) is 14.0 Å². The van der Waals surface area contributed by atoms with Crippen molar-refractivity contribution in [1.29, 1.82) is 0 Å². The van der Waals surface area contributed by atoms with Crippen molar-refractivity contribution < 1.29 is 61.7 Å². The molecule has 1 unspecified atom stereocenters. The van der Waals surface area contributed by atoms with Crippen LogP contribution < -0.4 is 0 Å². The second-order valence-electron chi connectivity index (χ2n) is 15.4. The van der Waals surface area contributed by atoms with E-state index in [0.29, 0.717) is 0 Å². The number of rotatable bonds is 21. The summed E-state index contributed by atoms with van der Waals surface area (Å²) in [4.78, 5) is 26.2.